The summed E-state index contributed by atoms with van der Waals surface area (Å²) in [6, 6.07) is -1.05. The molecule has 4 rings (SSSR count). The van der Waals surface area contributed by atoms with Crippen molar-refractivity contribution in [3.05, 3.63) is 12.7 Å². The van der Waals surface area contributed by atoms with Gasteiger partial charge in [0.2, 0.25) is 0 Å². The average Bonchev–Trinajstić information content (AvgIpc) is 3.22. The second-order valence-electron chi connectivity index (χ2n) is 7.61. The minimum absolute atomic E-state index is 0.102. The van der Waals surface area contributed by atoms with Crippen molar-refractivity contribution in [3.8, 4) is 0 Å². The van der Waals surface area contributed by atoms with E-state index >= 15 is 0 Å². The largest absolute Gasteiger partial charge is 0.394 e. The van der Waals surface area contributed by atoms with Crippen LogP contribution in [0.1, 0.15) is 6.04 Å². The number of nitrogen functional groups attached to an aromatic ring is 1. The number of fused-ring (bicyclic) bond motifs is 1. The van der Waals surface area contributed by atoms with Crippen LogP contribution in [0.3, 0.4) is 0 Å². The molecule has 0 spiro atoms. The second-order valence-corrected chi connectivity index (χ2v) is 7.61. The number of nitrogens with zero attached hydrogens (tertiary/aromatic N) is 4. The number of ether oxygens (including phenoxy) is 3. The second kappa shape index (κ2) is 9.06. The summed E-state index contributed by atoms with van der Waals surface area (Å²) < 4.78 is 17.7. The zero-order chi connectivity index (χ0) is 23.2. The van der Waals surface area contributed by atoms with Crippen molar-refractivity contribution in [2.24, 2.45) is 0 Å². The fourth-order valence-corrected chi connectivity index (χ4v) is 3.92. The molecule has 0 bridgehead atoms. The van der Waals surface area contributed by atoms with Crippen LogP contribution in [-0.2, 0) is 14.2 Å². The van der Waals surface area contributed by atoms with Crippen molar-refractivity contribution in [3.63, 3.8) is 0 Å². The normalized spacial score (nSPS) is 40.6. The molecule has 10 unspecified atom stereocenters. The van der Waals surface area contributed by atoms with Crippen molar-refractivity contribution in [1.29, 1.82) is 0 Å². The van der Waals surface area contributed by atoms with Gasteiger partial charge in [0.1, 0.15) is 54.6 Å². The average molecular weight is 459 g/mol. The Balaban J connectivity index is 1.57. The van der Waals surface area contributed by atoms with E-state index < -0.39 is 74.6 Å². The standard InChI is InChI=1S/C17H25N5O10/c18-14-7-15(20-3-19-14)22(4-21-7)8-5(1-23)30-16(12(28)10(8)26)32-17-13(29)11(27)9(25)6(2-24)31-17/h3-6,8-13,16-17,23-29H,1-2H2,(H2,18,19,20). The number of aliphatic hydroxyl groups is 7. The van der Waals surface area contributed by atoms with Gasteiger partial charge in [0, 0.05) is 0 Å². The lowest BCUT2D eigenvalue weighted by Crippen LogP contribution is -2.62. The molecule has 0 aliphatic carbocycles. The molecule has 178 valence electrons. The maximum atomic E-state index is 10.8. The molecule has 32 heavy (non-hydrogen) atoms. The molecule has 10 atom stereocenters. The van der Waals surface area contributed by atoms with Crippen molar-refractivity contribution < 1.29 is 50.0 Å². The number of imidazole rings is 1. The van der Waals surface area contributed by atoms with E-state index in [9.17, 15) is 35.7 Å². The molecule has 9 N–H and O–H groups in total. The first-order valence-corrected chi connectivity index (χ1v) is 9.79. The lowest BCUT2D eigenvalue weighted by atomic mass is 9.95. The van der Waals surface area contributed by atoms with Gasteiger partial charge in [-0.2, -0.15) is 0 Å². The lowest BCUT2D eigenvalue weighted by molar-refractivity contribution is -0.372. The van der Waals surface area contributed by atoms with E-state index in [4.69, 9.17) is 19.9 Å². The van der Waals surface area contributed by atoms with Gasteiger partial charge in [0.25, 0.3) is 0 Å². The van der Waals surface area contributed by atoms with E-state index in [0.29, 0.717) is 0 Å². The summed E-state index contributed by atoms with van der Waals surface area (Å²) >= 11 is 0. The molecule has 0 saturated carbocycles. The molecule has 2 fully saturated rings. The van der Waals surface area contributed by atoms with Crippen LogP contribution in [-0.4, -0.2) is 124 Å². The Labute approximate surface area is 180 Å². The van der Waals surface area contributed by atoms with E-state index in [2.05, 4.69) is 15.0 Å². The zero-order valence-corrected chi connectivity index (χ0v) is 16.6. The summed E-state index contributed by atoms with van der Waals surface area (Å²) in [4.78, 5) is 12.0. The van der Waals surface area contributed by atoms with Gasteiger partial charge in [0.05, 0.1) is 25.6 Å². The highest BCUT2D eigenvalue weighted by Crippen LogP contribution is 2.34. The number of anilines is 1. The summed E-state index contributed by atoms with van der Waals surface area (Å²) in [5.41, 5.74) is 6.27. The van der Waals surface area contributed by atoms with Crippen molar-refractivity contribution >= 4 is 17.0 Å². The van der Waals surface area contributed by atoms with Crippen LogP contribution in [0.15, 0.2) is 12.7 Å². The fourth-order valence-electron chi connectivity index (χ4n) is 3.92. The number of aromatic nitrogens is 4. The molecule has 2 saturated heterocycles. The predicted octanol–water partition coefficient (Wildman–Crippen LogP) is -4.79. The Hall–Kier alpha value is -2.05. The van der Waals surface area contributed by atoms with Gasteiger partial charge in [-0.15, -0.1) is 0 Å². The van der Waals surface area contributed by atoms with Gasteiger partial charge in [-0.1, -0.05) is 0 Å². The van der Waals surface area contributed by atoms with Crippen LogP contribution >= 0.6 is 0 Å². The molecular weight excluding hydrogens is 434 g/mol. The molecule has 15 nitrogen and oxygen atoms in total. The molecular formula is C17H25N5O10. The molecule has 0 amide bonds. The first kappa shape index (κ1) is 23.1. The van der Waals surface area contributed by atoms with E-state index in [1.54, 1.807) is 0 Å². The first-order valence-electron chi connectivity index (χ1n) is 9.79. The van der Waals surface area contributed by atoms with Crippen LogP contribution < -0.4 is 5.73 Å². The summed E-state index contributed by atoms with van der Waals surface area (Å²) in [6.07, 6.45) is -11.4. The summed E-state index contributed by atoms with van der Waals surface area (Å²) in [6.45, 7) is -1.29. The van der Waals surface area contributed by atoms with Gasteiger partial charge in [-0.25, -0.2) is 15.0 Å². The third-order valence-electron chi connectivity index (χ3n) is 5.67. The summed E-state index contributed by atoms with van der Waals surface area (Å²) in [7, 11) is 0. The third-order valence-corrected chi connectivity index (χ3v) is 5.67. The lowest BCUT2D eigenvalue weighted by Gasteiger charge is -2.45. The highest BCUT2D eigenvalue weighted by atomic mass is 16.8. The van der Waals surface area contributed by atoms with Crippen molar-refractivity contribution in [1.82, 2.24) is 19.5 Å². The first-order chi connectivity index (χ1) is 15.3. The maximum absolute atomic E-state index is 10.8. The van der Waals surface area contributed by atoms with Gasteiger partial charge in [-0.3, -0.25) is 0 Å². The quantitative estimate of drug-likeness (QED) is 0.209. The Morgan fingerprint density at radius 1 is 0.844 bits per heavy atom. The van der Waals surface area contributed by atoms with Crippen LogP contribution in [0.25, 0.3) is 11.2 Å². The van der Waals surface area contributed by atoms with E-state index in [-0.39, 0.29) is 17.0 Å². The van der Waals surface area contributed by atoms with Crippen LogP contribution in [0.2, 0.25) is 0 Å². The highest BCUT2D eigenvalue weighted by Gasteiger charge is 2.50. The van der Waals surface area contributed by atoms with Gasteiger partial charge >= 0.3 is 0 Å². The van der Waals surface area contributed by atoms with Crippen LogP contribution in [0.4, 0.5) is 5.82 Å². The third kappa shape index (κ3) is 3.81. The number of nitrogens with two attached hydrogens (primary N) is 1. The molecule has 2 aromatic rings. The molecule has 2 aliphatic heterocycles. The molecule has 2 aromatic heterocycles. The number of hydrogen-bond acceptors (Lipinski definition) is 14. The predicted molar refractivity (Wildman–Crippen MR) is 101 cm³/mol. The Morgan fingerprint density at radius 3 is 2.12 bits per heavy atom. The van der Waals surface area contributed by atoms with Gasteiger partial charge < -0.3 is 60.3 Å². The van der Waals surface area contributed by atoms with E-state index in [0.717, 1.165) is 0 Å². The van der Waals surface area contributed by atoms with Gasteiger partial charge in [0.15, 0.2) is 24.0 Å². The minimum atomic E-state index is -1.75. The van der Waals surface area contributed by atoms with E-state index in [1.165, 1.54) is 17.2 Å². The molecule has 4 heterocycles. The van der Waals surface area contributed by atoms with Crippen molar-refractivity contribution in [2.75, 3.05) is 18.9 Å². The molecule has 0 radical (unpaired) electrons. The molecule has 2 aliphatic rings. The summed E-state index contributed by atoms with van der Waals surface area (Å²) in [5.74, 6) is 0.102. The Morgan fingerprint density at radius 2 is 1.47 bits per heavy atom. The molecule has 15 heteroatoms. The SMILES string of the molecule is Nc1ncnc2c1ncn2C1C(CO)OC(OC2OC(CO)C(O)C(O)C2O)C(O)C1O. The number of rotatable bonds is 5. The van der Waals surface area contributed by atoms with Gasteiger partial charge in [-0.05, 0) is 0 Å². The Kier molecular flexibility index (Phi) is 6.55. The Bertz CT molecular complexity index is 928. The fraction of sp³-hybridized carbons (Fsp3) is 0.706. The number of aliphatic hydroxyl groups excluding tert-OH is 7. The van der Waals surface area contributed by atoms with Crippen molar-refractivity contribution in [2.45, 2.75) is 61.3 Å². The number of hydrogen-bond donors (Lipinski definition) is 8. The van der Waals surface area contributed by atoms with E-state index in [1.807, 2.05) is 0 Å². The monoisotopic (exact) mass is 459 g/mol. The minimum Gasteiger partial charge on any atom is -0.394 e. The molecule has 0 aromatic carbocycles. The van der Waals surface area contributed by atoms with Crippen LogP contribution in [0.5, 0.6) is 0 Å². The maximum Gasteiger partial charge on any atom is 0.189 e. The topological polar surface area (TPSA) is 239 Å². The summed E-state index contributed by atoms with van der Waals surface area (Å²) in [5, 5.41) is 70.5. The van der Waals surface area contributed by atoms with Crippen LogP contribution in [0, 0.1) is 0 Å². The highest BCUT2D eigenvalue weighted by molar-refractivity contribution is 5.81. The zero-order valence-electron chi connectivity index (χ0n) is 16.6. The smallest absolute Gasteiger partial charge is 0.189 e.